The number of anilines is 1. The number of hydrogen-bond acceptors (Lipinski definition) is 6. The first-order valence-electron chi connectivity index (χ1n) is 12.1. The molecule has 8 heteroatoms. The fraction of sp³-hybridized carbons (Fsp3) is 0.345. The van der Waals surface area contributed by atoms with Gasteiger partial charge in [-0.1, -0.05) is 81.4 Å². The first-order chi connectivity index (χ1) is 17.4. The van der Waals surface area contributed by atoms with Crippen LogP contribution in [0, 0.1) is 0 Å². The number of carbonyl (C=O) groups excluding carboxylic acids is 1. The summed E-state index contributed by atoms with van der Waals surface area (Å²) in [6, 6.07) is 24.1. The van der Waals surface area contributed by atoms with Crippen LogP contribution in [-0.4, -0.2) is 33.4 Å². The van der Waals surface area contributed by atoms with Crippen molar-refractivity contribution in [2.75, 3.05) is 17.8 Å². The summed E-state index contributed by atoms with van der Waals surface area (Å²) in [5, 5.41) is 0. The van der Waals surface area contributed by atoms with Gasteiger partial charge in [-0.15, -0.1) is 0 Å². The maximum atomic E-state index is 13.3. The quantitative estimate of drug-likeness (QED) is 0.299. The van der Waals surface area contributed by atoms with Crippen molar-refractivity contribution in [2.45, 2.75) is 52.4 Å². The second-order valence-electron chi connectivity index (χ2n) is 9.95. The van der Waals surface area contributed by atoms with Crippen molar-refractivity contribution in [1.29, 1.82) is 0 Å². The zero-order valence-corrected chi connectivity index (χ0v) is 22.8. The monoisotopic (exact) mass is 525 g/mol. The van der Waals surface area contributed by atoms with E-state index in [1.165, 1.54) is 4.90 Å². The van der Waals surface area contributed by atoms with Crippen molar-refractivity contribution < 1.29 is 26.9 Å². The summed E-state index contributed by atoms with van der Waals surface area (Å²) < 4.78 is 40.0. The van der Waals surface area contributed by atoms with Gasteiger partial charge in [0.25, 0.3) is 10.1 Å². The minimum atomic E-state index is -3.69. The van der Waals surface area contributed by atoms with Crippen LogP contribution >= 0.6 is 0 Å². The molecule has 1 unspecified atom stereocenters. The Kier molecular flexibility index (Phi) is 9.34. The van der Waals surface area contributed by atoms with Gasteiger partial charge in [-0.25, -0.2) is 4.79 Å². The van der Waals surface area contributed by atoms with E-state index in [1.807, 2.05) is 72.8 Å². The van der Waals surface area contributed by atoms with Crippen LogP contribution in [-0.2, 0) is 37.7 Å². The van der Waals surface area contributed by atoms with E-state index in [2.05, 4.69) is 20.8 Å². The second kappa shape index (κ2) is 12.3. The Bertz CT molecular complexity index is 1270. The third kappa shape index (κ3) is 8.61. The minimum Gasteiger partial charge on any atom is -0.489 e. The first-order valence-corrected chi connectivity index (χ1v) is 13.9. The molecule has 0 radical (unpaired) electrons. The molecule has 0 spiro atoms. The summed E-state index contributed by atoms with van der Waals surface area (Å²) >= 11 is 0. The first kappa shape index (κ1) is 28.2. The molecule has 3 aromatic carbocycles. The average Bonchev–Trinajstić information content (AvgIpc) is 2.86. The normalized spacial score (nSPS) is 12.6. The van der Waals surface area contributed by atoms with E-state index in [-0.39, 0.29) is 18.6 Å². The van der Waals surface area contributed by atoms with Gasteiger partial charge in [0.2, 0.25) is 0 Å². The van der Waals surface area contributed by atoms with Crippen LogP contribution in [0.2, 0.25) is 0 Å². The number of ether oxygens (including phenoxy) is 2. The molecule has 3 rings (SSSR count). The molecule has 0 N–H and O–H groups in total. The van der Waals surface area contributed by atoms with Crippen LogP contribution in [0.4, 0.5) is 10.5 Å². The van der Waals surface area contributed by atoms with Gasteiger partial charge in [0.15, 0.2) is 0 Å². The molecule has 1 amide bonds. The van der Waals surface area contributed by atoms with Crippen molar-refractivity contribution in [1.82, 2.24) is 0 Å². The van der Waals surface area contributed by atoms with E-state index in [0.29, 0.717) is 18.0 Å². The smallest absolute Gasteiger partial charge is 0.414 e. The fourth-order valence-electron chi connectivity index (χ4n) is 3.74. The average molecular weight is 526 g/mol. The lowest BCUT2D eigenvalue weighted by atomic mass is 9.86. The molecule has 37 heavy (non-hydrogen) atoms. The summed E-state index contributed by atoms with van der Waals surface area (Å²) in [6.07, 6.45) is 0.375. The van der Waals surface area contributed by atoms with Gasteiger partial charge in [-0.2, -0.15) is 8.42 Å². The maximum Gasteiger partial charge on any atom is 0.414 e. The Hall–Kier alpha value is -3.36. The molecule has 0 aliphatic heterocycles. The molecule has 0 aliphatic rings. The molecule has 0 saturated carbocycles. The standard InChI is InChI=1S/C29H35NO6S/c1-22(19-36-37(5,32)33)30(28(31)35-21-24-14-10-7-11-15-24)25-16-17-27(26(18-25)29(2,3)4)34-20-23-12-8-6-9-13-23/h6-18,22H,19-21H2,1-5H3. The lowest BCUT2D eigenvalue weighted by Crippen LogP contribution is -2.42. The van der Waals surface area contributed by atoms with Crippen molar-refractivity contribution in [2.24, 2.45) is 0 Å². The second-order valence-corrected chi connectivity index (χ2v) is 11.6. The lowest BCUT2D eigenvalue weighted by molar-refractivity contribution is 0.142. The Morgan fingerprint density at radius 2 is 1.46 bits per heavy atom. The molecule has 3 aromatic rings. The van der Waals surface area contributed by atoms with Crippen LogP contribution in [0.15, 0.2) is 78.9 Å². The highest BCUT2D eigenvalue weighted by Crippen LogP contribution is 2.36. The largest absolute Gasteiger partial charge is 0.489 e. The highest BCUT2D eigenvalue weighted by Gasteiger charge is 2.28. The Morgan fingerprint density at radius 3 is 2.00 bits per heavy atom. The topological polar surface area (TPSA) is 82.1 Å². The number of rotatable bonds is 10. The van der Waals surface area contributed by atoms with Gasteiger partial charge in [0.1, 0.15) is 19.0 Å². The van der Waals surface area contributed by atoms with Gasteiger partial charge < -0.3 is 9.47 Å². The summed E-state index contributed by atoms with van der Waals surface area (Å²) in [4.78, 5) is 14.7. The summed E-state index contributed by atoms with van der Waals surface area (Å²) in [6.45, 7) is 8.19. The van der Waals surface area contributed by atoms with Crippen LogP contribution in [0.3, 0.4) is 0 Å². The highest BCUT2D eigenvalue weighted by molar-refractivity contribution is 7.85. The Labute approximate surface area is 220 Å². The van der Waals surface area contributed by atoms with Crippen LogP contribution in [0.5, 0.6) is 5.75 Å². The number of carbonyl (C=O) groups is 1. The molecule has 0 fully saturated rings. The van der Waals surface area contributed by atoms with Gasteiger partial charge >= 0.3 is 6.09 Å². The molecule has 198 valence electrons. The van der Waals surface area contributed by atoms with E-state index >= 15 is 0 Å². The van der Waals surface area contributed by atoms with E-state index in [1.54, 1.807) is 13.0 Å². The molecule has 0 saturated heterocycles. The minimum absolute atomic E-state index is 0.0836. The van der Waals surface area contributed by atoms with Gasteiger partial charge in [0, 0.05) is 11.3 Å². The van der Waals surface area contributed by atoms with Crippen molar-refractivity contribution >= 4 is 21.9 Å². The fourth-order valence-corrected chi connectivity index (χ4v) is 4.18. The summed E-state index contributed by atoms with van der Waals surface area (Å²) in [5.41, 5.74) is 3.05. The molecule has 0 bridgehead atoms. The SMILES string of the molecule is CC(COS(C)(=O)=O)N(C(=O)OCc1ccccc1)c1ccc(OCc2ccccc2)c(C(C)(C)C)c1. The van der Waals surface area contributed by atoms with E-state index < -0.39 is 22.3 Å². The van der Waals surface area contributed by atoms with E-state index in [4.69, 9.17) is 13.7 Å². The van der Waals surface area contributed by atoms with Gasteiger partial charge in [0.05, 0.1) is 18.9 Å². The molecular formula is C29H35NO6S. The molecule has 7 nitrogen and oxygen atoms in total. The summed E-state index contributed by atoms with van der Waals surface area (Å²) in [5.74, 6) is 0.706. The lowest BCUT2D eigenvalue weighted by Gasteiger charge is -2.31. The Balaban J connectivity index is 1.91. The number of nitrogens with zero attached hydrogens (tertiary/aromatic N) is 1. The molecule has 0 aromatic heterocycles. The molecule has 0 aliphatic carbocycles. The van der Waals surface area contributed by atoms with Crippen molar-refractivity contribution in [3.63, 3.8) is 0 Å². The predicted octanol–water partition coefficient (Wildman–Crippen LogP) is 6.07. The predicted molar refractivity (Wildman–Crippen MR) is 145 cm³/mol. The van der Waals surface area contributed by atoms with Crippen molar-refractivity contribution in [3.8, 4) is 5.75 Å². The molecule has 1 atom stereocenters. The zero-order chi connectivity index (χ0) is 27.1. The van der Waals surface area contributed by atoms with Crippen LogP contribution in [0.25, 0.3) is 0 Å². The summed E-state index contributed by atoms with van der Waals surface area (Å²) in [7, 11) is -3.69. The number of hydrogen-bond donors (Lipinski definition) is 0. The number of benzene rings is 3. The van der Waals surface area contributed by atoms with Gasteiger partial charge in [-0.05, 0) is 41.7 Å². The van der Waals surface area contributed by atoms with Gasteiger partial charge in [-0.3, -0.25) is 9.08 Å². The molecular weight excluding hydrogens is 490 g/mol. The third-order valence-corrected chi connectivity index (χ3v) is 6.22. The van der Waals surface area contributed by atoms with Crippen molar-refractivity contribution in [3.05, 3.63) is 95.6 Å². The highest BCUT2D eigenvalue weighted by atomic mass is 32.2. The van der Waals surface area contributed by atoms with E-state index in [0.717, 1.165) is 22.9 Å². The zero-order valence-electron chi connectivity index (χ0n) is 22.0. The number of amides is 1. The molecule has 0 heterocycles. The maximum absolute atomic E-state index is 13.3. The third-order valence-electron chi connectivity index (χ3n) is 5.65. The van der Waals surface area contributed by atoms with E-state index in [9.17, 15) is 13.2 Å². The Morgan fingerprint density at radius 1 is 0.892 bits per heavy atom. The van der Waals surface area contributed by atoms with Crippen LogP contribution < -0.4 is 9.64 Å². The van der Waals surface area contributed by atoms with Crippen LogP contribution in [0.1, 0.15) is 44.4 Å².